The van der Waals surface area contributed by atoms with Gasteiger partial charge in [0.25, 0.3) is 0 Å². The Kier molecular flexibility index (Phi) is 4.39. The van der Waals surface area contributed by atoms with Crippen molar-refractivity contribution in [1.29, 1.82) is 0 Å². The van der Waals surface area contributed by atoms with Crippen LogP contribution in [0.2, 0.25) is 0 Å². The molecule has 0 spiro atoms. The summed E-state index contributed by atoms with van der Waals surface area (Å²) in [6.45, 7) is 6.41. The molecule has 0 heterocycles. The van der Waals surface area contributed by atoms with E-state index in [0.29, 0.717) is 0 Å². The third-order valence-electron chi connectivity index (χ3n) is 2.36. The molecule has 1 unspecified atom stereocenters. The molecule has 104 valence electrons. The fourth-order valence-corrected chi connectivity index (χ4v) is 1.40. The molecule has 1 aromatic carbocycles. The summed E-state index contributed by atoms with van der Waals surface area (Å²) in [5.74, 6) is -4.52. The minimum atomic E-state index is -1.12. The predicted octanol–water partition coefficient (Wildman–Crippen LogP) is 3.13. The van der Waals surface area contributed by atoms with E-state index in [-0.39, 0.29) is 5.56 Å². The average Bonchev–Trinajstić information content (AvgIpc) is 2.28. The van der Waals surface area contributed by atoms with Gasteiger partial charge in [-0.15, -0.1) is 0 Å². The van der Waals surface area contributed by atoms with Crippen molar-refractivity contribution >= 4 is 11.8 Å². The second-order valence-corrected chi connectivity index (χ2v) is 5.25. The molecule has 1 atom stereocenters. The first kappa shape index (κ1) is 15.3. The van der Waals surface area contributed by atoms with Gasteiger partial charge in [-0.3, -0.25) is 9.59 Å². The van der Waals surface area contributed by atoms with E-state index in [1.165, 1.54) is 6.92 Å². The van der Waals surface area contributed by atoms with Crippen molar-refractivity contribution in [3.05, 3.63) is 35.4 Å². The van der Waals surface area contributed by atoms with Crippen LogP contribution in [0.1, 0.15) is 38.1 Å². The molecule has 0 aliphatic heterocycles. The molecule has 0 aliphatic carbocycles. The summed E-state index contributed by atoms with van der Waals surface area (Å²) in [6, 6.07) is 2.77. The molecule has 3 nitrogen and oxygen atoms in total. The minimum Gasteiger partial charge on any atom is -0.459 e. The van der Waals surface area contributed by atoms with Gasteiger partial charge < -0.3 is 4.74 Å². The third kappa shape index (κ3) is 4.12. The lowest BCUT2D eigenvalue weighted by atomic mass is 9.99. The number of ketones is 1. The third-order valence-corrected chi connectivity index (χ3v) is 2.36. The monoisotopic (exact) mass is 270 g/mol. The standard InChI is InChI=1S/C14H16F2O3/c1-8(13(18)19-14(2,3)4)12(17)9-5-6-10(15)11(16)7-9/h5-8H,1-4H3. The van der Waals surface area contributed by atoms with Crippen molar-refractivity contribution in [2.75, 3.05) is 0 Å². The maximum absolute atomic E-state index is 13.0. The van der Waals surface area contributed by atoms with E-state index in [1.807, 2.05) is 0 Å². The molecule has 0 bridgehead atoms. The lowest BCUT2D eigenvalue weighted by Crippen LogP contribution is -2.31. The van der Waals surface area contributed by atoms with Crippen molar-refractivity contribution in [2.45, 2.75) is 33.3 Å². The van der Waals surface area contributed by atoms with Crippen LogP contribution in [-0.4, -0.2) is 17.4 Å². The zero-order valence-electron chi connectivity index (χ0n) is 11.3. The Morgan fingerprint density at radius 3 is 2.21 bits per heavy atom. The summed E-state index contributed by atoms with van der Waals surface area (Å²) in [5, 5.41) is 0. The van der Waals surface area contributed by atoms with Gasteiger partial charge in [0.05, 0.1) is 0 Å². The molecule has 1 rings (SSSR count). The Morgan fingerprint density at radius 2 is 1.74 bits per heavy atom. The quantitative estimate of drug-likeness (QED) is 0.481. The highest BCUT2D eigenvalue weighted by Crippen LogP contribution is 2.17. The Morgan fingerprint density at radius 1 is 1.16 bits per heavy atom. The minimum absolute atomic E-state index is 0.0581. The maximum Gasteiger partial charge on any atom is 0.317 e. The van der Waals surface area contributed by atoms with Gasteiger partial charge in [0.2, 0.25) is 0 Å². The molecular weight excluding hydrogens is 254 g/mol. The largest absolute Gasteiger partial charge is 0.459 e. The molecule has 0 amide bonds. The van der Waals surface area contributed by atoms with E-state index in [0.717, 1.165) is 18.2 Å². The number of hydrogen-bond donors (Lipinski definition) is 0. The van der Waals surface area contributed by atoms with Gasteiger partial charge in [-0.2, -0.15) is 0 Å². The summed E-state index contributed by atoms with van der Waals surface area (Å²) >= 11 is 0. The first-order valence-electron chi connectivity index (χ1n) is 5.84. The van der Waals surface area contributed by atoms with Gasteiger partial charge in [-0.25, -0.2) is 8.78 Å². The predicted molar refractivity (Wildman–Crippen MR) is 65.7 cm³/mol. The Bertz CT molecular complexity index is 504. The number of Topliss-reactive ketones (excluding diaryl/α,β-unsaturated/α-hetero) is 1. The number of hydrogen-bond acceptors (Lipinski definition) is 3. The van der Waals surface area contributed by atoms with E-state index in [9.17, 15) is 18.4 Å². The summed E-state index contributed by atoms with van der Waals surface area (Å²) in [6.07, 6.45) is 0. The number of rotatable bonds is 3. The number of carbonyl (C=O) groups excluding carboxylic acids is 2. The fraction of sp³-hybridized carbons (Fsp3) is 0.429. The second-order valence-electron chi connectivity index (χ2n) is 5.25. The Hall–Kier alpha value is -1.78. The summed E-state index contributed by atoms with van der Waals surface area (Å²) < 4.78 is 30.9. The number of esters is 1. The molecule has 1 aromatic rings. The van der Waals surface area contributed by atoms with Gasteiger partial charge in [-0.1, -0.05) is 0 Å². The summed E-state index contributed by atoms with van der Waals surface area (Å²) in [4.78, 5) is 23.7. The van der Waals surface area contributed by atoms with Gasteiger partial charge in [0.15, 0.2) is 17.4 Å². The molecule has 0 radical (unpaired) electrons. The molecule has 0 aromatic heterocycles. The van der Waals surface area contributed by atoms with Crippen LogP contribution in [0.3, 0.4) is 0 Å². The van der Waals surface area contributed by atoms with E-state index < -0.39 is 34.9 Å². The van der Waals surface area contributed by atoms with Crippen LogP contribution < -0.4 is 0 Å². The molecular formula is C14H16F2O3. The van der Waals surface area contributed by atoms with E-state index in [1.54, 1.807) is 20.8 Å². The number of carbonyl (C=O) groups is 2. The lowest BCUT2D eigenvalue weighted by molar-refractivity contribution is -0.157. The van der Waals surface area contributed by atoms with Gasteiger partial charge >= 0.3 is 5.97 Å². The van der Waals surface area contributed by atoms with Crippen molar-refractivity contribution in [1.82, 2.24) is 0 Å². The van der Waals surface area contributed by atoms with Crippen molar-refractivity contribution in [3.63, 3.8) is 0 Å². The molecule has 0 aliphatic rings. The topological polar surface area (TPSA) is 43.4 Å². The molecule has 5 heteroatoms. The molecule has 0 fully saturated rings. The van der Waals surface area contributed by atoms with Gasteiger partial charge in [0, 0.05) is 5.56 Å². The Labute approximate surface area is 110 Å². The highest BCUT2D eigenvalue weighted by Gasteiger charge is 2.28. The molecule has 0 saturated carbocycles. The summed E-state index contributed by atoms with van der Waals surface area (Å²) in [7, 11) is 0. The van der Waals surface area contributed by atoms with Crippen molar-refractivity contribution in [2.24, 2.45) is 5.92 Å². The maximum atomic E-state index is 13.0. The molecule has 19 heavy (non-hydrogen) atoms. The normalized spacial score (nSPS) is 12.9. The highest BCUT2D eigenvalue weighted by molar-refractivity contribution is 6.08. The van der Waals surface area contributed by atoms with E-state index in [4.69, 9.17) is 4.74 Å². The van der Waals surface area contributed by atoms with Crippen molar-refractivity contribution in [3.8, 4) is 0 Å². The smallest absolute Gasteiger partial charge is 0.317 e. The fourth-order valence-electron chi connectivity index (χ4n) is 1.40. The van der Waals surface area contributed by atoms with Crippen LogP contribution in [0.5, 0.6) is 0 Å². The highest BCUT2D eigenvalue weighted by atomic mass is 19.2. The number of benzene rings is 1. The van der Waals surface area contributed by atoms with Gasteiger partial charge in [-0.05, 0) is 45.9 Å². The van der Waals surface area contributed by atoms with Crippen LogP contribution in [0, 0.1) is 17.6 Å². The zero-order chi connectivity index (χ0) is 14.8. The average molecular weight is 270 g/mol. The van der Waals surface area contributed by atoms with Crippen LogP contribution in [0.25, 0.3) is 0 Å². The van der Waals surface area contributed by atoms with Crippen LogP contribution in [0.4, 0.5) is 8.78 Å². The first-order valence-corrected chi connectivity index (χ1v) is 5.84. The second kappa shape index (κ2) is 5.47. The van der Waals surface area contributed by atoms with Crippen LogP contribution in [-0.2, 0) is 9.53 Å². The van der Waals surface area contributed by atoms with E-state index in [2.05, 4.69) is 0 Å². The number of halogens is 2. The molecule has 0 saturated heterocycles. The Balaban J connectivity index is 2.87. The van der Waals surface area contributed by atoms with Crippen LogP contribution >= 0.6 is 0 Å². The molecule has 0 N–H and O–H groups in total. The van der Waals surface area contributed by atoms with E-state index >= 15 is 0 Å². The zero-order valence-corrected chi connectivity index (χ0v) is 11.3. The first-order chi connectivity index (χ1) is 8.61. The van der Waals surface area contributed by atoms with Crippen molar-refractivity contribution < 1.29 is 23.1 Å². The lowest BCUT2D eigenvalue weighted by Gasteiger charge is -2.21. The summed E-state index contributed by atoms with van der Waals surface area (Å²) in [5.41, 5.74) is -0.767. The number of ether oxygens (including phenoxy) is 1. The van der Waals surface area contributed by atoms with Crippen LogP contribution in [0.15, 0.2) is 18.2 Å². The van der Waals surface area contributed by atoms with Gasteiger partial charge in [0.1, 0.15) is 11.5 Å². The SMILES string of the molecule is CC(C(=O)OC(C)(C)C)C(=O)c1ccc(F)c(F)c1.